The van der Waals surface area contributed by atoms with Gasteiger partial charge in [0.1, 0.15) is 11.4 Å². The Labute approximate surface area is 127 Å². The largest absolute Gasteiger partial charge is 0.444 e. The van der Waals surface area contributed by atoms with Gasteiger partial charge in [-0.1, -0.05) is 6.08 Å². The van der Waals surface area contributed by atoms with E-state index in [1.54, 1.807) is 4.90 Å². The molecule has 0 aliphatic carbocycles. The van der Waals surface area contributed by atoms with Crippen LogP contribution in [0.25, 0.3) is 5.57 Å². The number of hydrogen-bond acceptors (Lipinski definition) is 5. The quantitative estimate of drug-likeness (QED) is 0.805. The molecule has 1 aliphatic heterocycles. The fourth-order valence-corrected chi connectivity index (χ4v) is 2.76. The van der Waals surface area contributed by atoms with E-state index in [0.29, 0.717) is 10.5 Å². The van der Waals surface area contributed by atoms with E-state index in [4.69, 9.17) is 17.0 Å². The summed E-state index contributed by atoms with van der Waals surface area (Å²) in [4.78, 5) is 18.1. The van der Waals surface area contributed by atoms with Crippen molar-refractivity contribution >= 4 is 35.4 Å². The van der Waals surface area contributed by atoms with Crippen LogP contribution in [0.1, 0.15) is 39.9 Å². The van der Waals surface area contributed by atoms with Gasteiger partial charge in [0.2, 0.25) is 0 Å². The van der Waals surface area contributed by atoms with Gasteiger partial charge in [-0.3, -0.25) is 4.37 Å². The summed E-state index contributed by atoms with van der Waals surface area (Å²) < 4.78 is 9.11. The minimum atomic E-state index is -0.472. The van der Waals surface area contributed by atoms with E-state index in [1.807, 2.05) is 33.8 Å². The number of ether oxygens (including phenoxy) is 1. The molecule has 1 N–H and O–H groups in total. The zero-order valence-corrected chi connectivity index (χ0v) is 13.7. The molecule has 1 atom stereocenters. The first-order valence-electron chi connectivity index (χ1n) is 6.52. The van der Waals surface area contributed by atoms with Crippen LogP contribution in [-0.2, 0) is 4.74 Å². The molecule has 0 radical (unpaired) electrons. The predicted molar refractivity (Wildman–Crippen MR) is 82.3 cm³/mol. The predicted octanol–water partition coefficient (Wildman–Crippen LogP) is 3.61. The molecule has 2 rings (SSSR count). The van der Waals surface area contributed by atoms with Crippen LogP contribution in [0.15, 0.2) is 6.08 Å². The summed E-state index contributed by atoms with van der Waals surface area (Å²) >= 11 is 6.37. The highest BCUT2D eigenvalue weighted by Crippen LogP contribution is 2.25. The van der Waals surface area contributed by atoms with Crippen molar-refractivity contribution in [1.29, 1.82) is 0 Å². The van der Waals surface area contributed by atoms with Crippen LogP contribution in [0.3, 0.4) is 0 Å². The summed E-state index contributed by atoms with van der Waals surface area (Å²) in [6.45, 7) is 8.21. The lowest BCUT2D eigenvalue weighted by atomic mass is 10.0. The van der Waals surface area contributed by atoms with Crippen LogP contribution in [0.5, 0.6) is 0 Å². The van der Waals surface area contributed by atoms with Gasteiger partial charge in [0.15, 0.2) is 3.95 Å². The van der Waals surface area contributed by atoms with Gasteiger partial charge >= 0.3 is 6.09 Å². The number of aromatic amines is 1. The van der Waals surface area contributed by atoms with E-state index in [0.717, 1.165) is 17.8 Å². The third-order valence-corrected chi connectivity index (χ3v) is 3.83. The van der Waals surface area contributed by atoms with E-state index in [9.17, 15) is 4.79 Å². The molecule has 0 saturated carbocycles. The van der Waals surface area contributed by atoms with Crippen molar-refractivity contribution in [3.63, 3.8) is 0 Å². The van der Waals surface area contributed by atoms with Crippen LogP contribution >= 0.6 is 23.8 Å². The highest BCUT2D eigenvalue weighted by atomic mass is 32.2. The van der Waals surface area contributed by atoms with E-state index in [2.05, 4.69) is 9.36 Å². The third-order valence-electron chi connectivity index (χ3n) is 2.93. The molecular weight excluding hydrogens is 294 g/mol. The summed E-state index contributed by atoms with van der Waals surface area (Å²) in [5, 5.41) is 0. The maximum atomic E-state index is 12.1. The Bertz CT molecular complexity index is 583. The molecule has 0 unspecified atom stereocenters. The van der Waals surface area contributed by atoms with Crippen LogP contribution in [-0.4, -0.2) is 38.5 Å². The van der Waals surface area contributed by atoms with Gasteiger partial charge in [-0.15, -0.1) is 0 Å². The second-order valence-electron chi connectivity index (χ2n) is 5.79. The minimum Gasteiger partial charge on any atom is -0.444 e. The second-order valence-corrected chi connectivity index (χ2v) is 7.23. The van der Waals surface area contributed by atoms with Gasteiger partial charge in [-0.25, -0.2) is 9.78 Å². The summed E-state index contributed by atoms with van der Waals surface area (Å²) in [5.41, 5.74) is 0.630. The first-order chi connectivity index (χ1) is 9.26. The van der Waals surface area contributed by atoms with Crippen LogP contribution in [0, 0.1) is 3.95 Å². The van der Waals surface area contributed by atoms with Gasteiger partial charge < -0.3 is 9.64 Å². The van der Waals surface area contributed by atoms with Crippen molar-refractivity contribution < 1.29 is 9.53 Å². The maximum Gasteiger partial charge on any atom is 0.410 e. The molecular formula is C13H19N3O2S2. The summed E-state index contributed by atoms with van der Waals surface area (Å²) in [6.07, 6.45) is 2.51. The van der Waals surface area contributed by atoms with Crippen LogP contribution in [0.2, 0.25) is 0 Å². The van der Waals surface area contributed by atoms with Crippen molar-refractivity contribution in [2.45, 2.75) is 45.8 Å². The average Bonchev–Trinajstić information content (AvgIpc) is 2.73. The Hall–Kier alpha value is -1.21. The zero-order chi connectivity index (χ0) is 14.9. The topological polar surface area (TPSA) is 58.2 Å². The molecule has 7 heteroatoms. The molecule has 20 heavy (non-hydrogen) atoms. The number of aromatic nitrogens is 2. The number of hydrogen-bond donors (Lipinski definition) is 1. The van der Waals surface area contributed by atoms with Crippen LogP contribution in [0.4, 0.5) is 4.79 Å². The van der Waals surface area contributed by atoms with E-state index in [1.165, 1.54) is 11.5 Å². The maximum absolute atomic E-state index is 12.1. The Kier molecular flexibility index (Phi) is 4.29. The number of amides is 1. The SMILES string of the molecule is C[C@@H]1C=C(c2nc(=S)s[nH]2)CCN1C(=O)OC(C)(C)C. The van der Waals surface area contributed by atoms with Crippen LogP contribution < -0.4 is 0 Å². The molecule has 110 valence electrons. The van der Waals surface area contributed by atoms with Gasteiger partial charge in [0.25, 0.3) is 0 Å². The highest BCUT2D eigenvalue weighted by Gasteiger charge is 2.28. The van der Waals surface area contributed by atoms with Crippen molar-refractivity contribution in [1.82, 2.24) is 14.3 Å². The number of nitrogens with zero attached hydrogens (tertiary/aromatic N) is 2. The smallest absolute Gasteiger partial charge is 0.410 e. The number of H-pyrrole nitrogens is 1. The Balaban J connectivity index is 2.10. The molecule has 1 aliphatic rings. The Morgan fingerprint density at radius 3 is 2.80 bits per heavy atom. The molecule has 0 saturated heterocycles. The lowest BCUT2D eigenvalue weighted by Gasteiger charge is -2.33. The Morgan fingerprint density at radius 1 is 1.60 bits per heavy atom. The second kappa shape index (κ2) is 5.65. The van der Waals surface area contributed by atoms with Crippen molar-refractivity contribution in [3.05, 3.63) is 15.9 Å². The van der Waals surface area contributed by atoms with Crippen molar-refractivity contribution in [2.24, 2.45) is 0 Å². The number of rotatable bonds is 1. The molecule has 1 aromatic rings. The molecule has 0 bridgehead atoms. The fraction of sp³-hybridized carbons (Fsp3) is 0.615. The summed E-state index contributed by atoms with van der Waals surface area (Å²) in [6, 6.07) is -0.0164. The van der Waals surface area contributed by atoms with Crippen molar-refractivity contribution in [2.75, 3.05) is 6.54 Å². The average molecular weight is 313 g/mol. The number of carbonyl (C=O) groups is 1. The molecule has 0 fully saturated rings. The molecule has 0 aromatic carbocycles. The highest BCUT2D eigenvalue weighted by molar-refractivity contribution is 7.73. The molecule has 1 aromatic heterocycles. The monoisotopic (exact) mass is 313 g/mol. The van der Waals surface area contributed by atoms with Crippen molar-refractivity contribution in [3.8, 4) is 0 Å². The lowest BCUT2D eigenvalue weighted by Crippen LogP contribution is -2.43. The molecule has 0 spiro atoms. The zero-order valence-electron chi connectivity index (χ0n) is 12.1. The summed E-state index contributed by atoms with van der Waals surface area (Å²) in [7, 11) is 0. The van der Waals surface area contributed by atoms with E-state index >= 15 is 0 Å². The standard InChI is InChI=1S/C13H19N3O2S2/c1-8-7-9(10-14-11(19)20-15-10)5-6-16(8)12(17)18-13(2,3)4/h7-8H,5-6H2,1-4H3,(H,14,15,19)/t8-/m1/s1. The first-order valence-corrected chi connectivity index (χ1v) is 7.75. The molecule has 2 heterocycles. The van der Waals surface area contributed by atoms with Gasteiger partial charge in [-0.05, 0) is 63.4 Å². The molecule has 5 nitrogen and oxygen atoms in total. The third kappa shape index (κ3) is 3.67. The van der Waals surface area contributed by atoms with Gasteiger partial charge in [-0.2, -0.15) is 0 Å². The van der Waals surface area contributed by atoms with E-state index < -0.39 is 5.60 Å². The summed E-state index contributed by atoms with van der Waals surface area (Å²) in [5.74, 6) is 0.815. The lowest BCUT2D eigenvalue weighted by molar-refractivity contribution is 0.0209. The Morgan fingerprint density at radius 2 is 2.30 bits per heavy atom. The molecule has 1 amide bonds. The fourth-order valence-electron chi connectivity index (χ4n) is 2.05. The minimum absolute atomic E-state index is 0.0164. The number of nitrogens with one attached hydrogen (secondary N) is 1. The number of carbonyl (C=O) groups excluding carboxylic acids is 1. The first kappa shape index (κ1) is 15.2. The van der Waals surface area contributed by atoms with E-state index in [-0.39, 0.29) is 12.1 Å². The van der Waals surface area contributed by atoms with Gasteiger partial charge in [0, 0.05) is 6.54 Å². The normalized spacial score (nSPS) is 19.7. The van der Waals surface area contributed by atoms with Gasteiger partial charge in [0.05, 0.1) is 6.04 Å².